The Hall–Kier alpha value is -0.600. The van der Waals surface area contributed by atoms with Crippen LogP contribution in [0.4, 0.5) is 0 Å². The lowest BCUT2D eigenvalue weighted by atomic mass is 9.46. The van der Waals surface area contributed by atoms with Crippen LogP contribution in [0.25, 0.3) is 0 Å². The van der Waals surface area contributed by atoms with Gasteiger partial charge in [0.15, 0.2) is 0 Å². The second-order valence-electron chi connectivity index (χ2n) is 12.6. The first-order valence-corrected chi connectivity index (χ1v) is 13.4. The summed E-state index contributed by atoms with van der Waals surface area (Å²) in [5.41, 5.74) is 1.90. The Bertz CT molecular complexity index is 708. The van der Waals surface area contributed by atoms with E-state index in [0.29, 0.717) is 40.9 Å². The Balaban J connectivity index is 1.56. The summed E-state index contributed by atoms with van der Waals surface area (Å²) in [6.07, 6.45) is 15.9. The summed E-state index contributed by atoms with van der Waals surface area (Å²) in [4.78, 5) is 0. The quantitative estimate of drug-likeness (QED) is 0.474. The van der Waals surface area contributed by atoms with E-state index in [9.17, 15) is 10.2 Å². The Morgan fingerprint density at radius 1 is 1.00 bits per heavy atom. The normalized spacial score (nSPS) is 46.9. The van der Waals surface area contributed by atoms with Gasteiger partial charge in [-0.25, -0.2) is 0 Å². The van der Waals surface area contributed by atoms with Crippen LogP contribution in [-0.2, 0) is 0 Å². The van der Waals surface area contributed by atoms with E-state index in [4.69, 9.17) is 0 Å². The van der Waals surface area contributed by atoms with Crippen LogP contribution in [0.2, 0.25) is 0 Å². The first-order chi connectivity index (χ1) is 14.6. The average Bonchev–Trinajstić information content (AvgIpc) is 3.06. The van der Waals surface area contributed by atoms with Crippen LogP contribution >= 0.6 is 0 Å². The second kappa shape index (κ2) is 8.64. The minimum atomic E-state index is -0.321. The standard InChI is InChI=1S/C29H48O2/c1-7-20(18(2)3)9-8-19(4)23-10-11-24-27-25(13-15-29(23,24)6)28(5)14-12-22(30)16-21(28)17-26(27)31/h8-9,17-20,22-27,30-31H,7,10-16H2,1-6H3/b9-8+/t19-,20+,22+,23-,24+,25+,26+,27+,28+,29-/m1/s1. The van der Waals surface area contributed by atoms with Gasteiger partial charge in [0, 0.05) is 0 Å². The van der Waals surface area contributed by atoms with Crippen LogP contribution in [-0.4, -0.2) is 22.4 Å². The van der Waals surface area contributed by atoms with E-state index in [1.807, 2.05) is 0 Å². The number of aliphatic hydroxyl groups excluding tert-OH is 2. The topological polar surface area (TPSA) is 40.5 Å². The van der Waals surface area contributed by atoms with Crippen molar-refractivity contribution in [1.29, 1.82) is 0 Å². The average molecular weight is 429 g/mol. The molecule has 31 heavy (non-hydrogen) atoms. The number of hydrogen-bond donors (Lipinski definition) is 2. The van der Waals surface area contributed by atoms with Gasteiger partial charge in [-0.05, 0) is 104 Å². The smallest absolute Gasteiger partial charge is 0.0757 e. The van der Waals surface area contributed by atoms with Crippen LogP contribution in [0.5, 0.6) is 0 Å². The highest BCUT2D eigenvalue weighted by molar-refractivity contribution is 5.28. The minimum Gasteiger partial charge on any atom is -0.393 e. The van der Waals surface area contributed by atoms with Crippen LogP contribution in [0.15, 0.2) is 23.8 Å². The van der Waals surface area contributed by atoms with Crippen molar-refractivity contribution in [2.24, 2.45) is 52.3 Å². The van der Waals surface area contributed by atoms with Crippen molar-refractivity contribution >= 4 is 0 Å². The first kappa shape index (κ1) is 23.6. The number of aliphatic hydroxyl groups is 2. The molecule has 0 bridgehead atoms. The van der Waals surface area contributed by atoms with Crippen molar-refractivity contribution in [3.8, 4) is 0 Å². The molecule has 0 aromatic heterocycles. The maximum atomic E-state index is 11.3. The molecule has 0 heterocycles. The van der Waals surface area contributed by atoms with Gasteiger partial charge >= 0.3 is 0 Å². The lowest BCUT2D eigenvalue weighted by Crippen LogP contribution is -2.54. The molecule has 0 amide bonds. The van der Waals surface area contributed by atoms with Crippen molar-refractivity contribution in [1.82, 2.24) is 0 Å². The van der Waals surface area contributed by atoms with E-state index in [2.05, 4.69) is 59.8 Å². The van der Waals surface area contributed by atoms with E-state index in [1.54, 1.807) is 0 Å². The molecule has 0 aliphatic heterocycles. The Morgan fingerprint density at radius 2 is 1.74 bits per heavy atom. The molecular formula is C29H48O2. The van der Waals surface area contributed by atoms with E-state index >= 15 is 0 Å². The number of rotatable bonds is 5. The monoisotopic (exact) mass is 428 g/mol. The fourth-order valence-corrected chi connectivity index (χ4v) is 8.82. The van der Waals surface area contributed by atoms with Gasteiger partial charge in [-0.3, -0.25) is 0 Å². The SMILES string of the molecule is CC[C@@H](/C=C/[C@@H](C)[C@H]1CC[C@H]2[C@@H]3[C@@H](O)C=C4C[C@@H](O)CC[C@]4(C)[C@H]3CC[C@]12C)C(C)C. The Morgan fingerprint density at radius 3 is 2.42 bits per heavy atom. The molecule has 0 saturated heterocycles. The molecule has 2 N–H and O–H groups in total. The van der Waals surface area contributed by atoms with Crippen molar-refractivity contribution in [2.75, 3.05) is 0 Å². The molecule has 3 fully saturated rings. The maximum Gasteiger partial charge on any atom is 0.0757 e. The molecule has 2 nitrogen and oxygen atoms in total. The number of fused-ring (bicyclic) bond motifs is 5. The Labute approximate surface area is 191 Å². The lowest BCUT2D eigenvalue weighted by molar-refractivity contribution is -0.0950. The van der Waals surface area contributed by atoms with Gasteiger partial charge < -0.3 is 10.2 Å². The second-order valence-corrected chi connectivity index (χ2v) is 12.6. The fourth-order valence-electron chi connectivity index (χ4n) is 8.82. The van der Waals surface area contributed by atoms with Gasteiger partial charge in [-0.15, -0.1) is 0 Å². The largest absolute Gasteiger partial charge is 0.393 e. The van der Waals surface area contributed by atoms with Crippen molar-refractivity contribution in [2.45, 2.75) is 105 Å². The molecule has 4 aliphatic rings. The number of allylic oxidation sites excluding steroid dienone is 2. The molecule has 0 radical (unpaired) electrons. The number of hydrogen-bond acceptors (Lipinski definition) is 2. The Kier molecular flexibility index (Phi) is 6.56. The zero-order valence-corrected chi connectivity index (χ0v) is 21.0. The van der Waals surface area contributed by atoms with Gasteiger partial charge in [-0.2, -0.15) is 0 Å². The van der Waals surface area contributed by atoms with Gasteiger partial charge in [0.25, 0.3) is 0 Å². The first-order valence-electron chi connectivity index (χ1n) is 13.4. The molecule has 176 valence electrons. The van der Waals surface area contributed by atoms with Gasteiger partial charge in [0.05, 0.1) is 12.2 Å². The summed E-state index contributed by atoms with van der Waals surface area (Å²) in [6, 6.07) is 0. The summed E-state index contributed by atoms with van der Waals surface area (Å²) in [5, 5.41) is 21.6. The summed E-state index contributed by atoms with van der Waals surface area (Å²) in [7, 11) is 0. The van der Waals surface area contributed by atoms with Gasteiger partial charge in [0.1, 0.15) is 0 Å². The van der Waals surface area contributed by atoms with Crippen LogP contribution in [0.1, 0.15) is 92.9 Å². The summed E-state index contributed by atoms with van der Waals surface area (Å²) < 4.78 is 0. The molecule has 10 atom stereocenters. The summed E-state index contributed by atoms with van der Waals surface area (Å²) in [5.74, 6) is 4.38. The van der Waals surface area contributed by atoms with E-state index in [0.717, 1.165) is 25.2 Å². The van der Waals surface area contributed by atoms with Gasteiger partial charge in [-0.1, -0.05) is 65.3 Å². The maximum absolute atomic E-state index is 11.3. The zero-order valence-electron chi connectivity index (χ0n) is 21.0. The highest BCUT2D eigenvalue weighted by Crippen LogP contribution is 2.67. The summed E-state index contributed by atoms with van der Waals surface area (Å²) >= 11 is 0. The van der Waals surface area contributed by atoms with Crippen LogP contribution in [0.3, 0.4) is 0 Å². The zero-order chi connectivity index (χ0) is 22.6. The van der Waals surface area contributed by atoms with Crippen LogP contribution < -0.4 is 0 Å². The molecule has 0 aromatic rings. The predicted molar refractivity (Wildman–Crippen MR) is 130 cm³/mol. The van der Waals surface area contributed by atoms with Crippen molar-refractivity contribution in [3.63, 3.8) is 0 Å². The molecular weight excluding hydrogens is 380 g/mol. The minimum absolute atomic E-state index is 0.194. The van der Waals surface area contributed by atoms with E-state index in [1.165, 1.54) is 37.7 Å². The molecule has 4 rings (SSSR count). The molecule has 0 spiro atoms. The summed E-state index contributed by atoms with van der Waals surface area (Å²) in [6.45, 7) is 14.5. The highest BCUT2D eigenvalue weighted by atomic mass is 16.3. The highest BCUT2D eigenvalue weighted by Gasteiger charge is 2.61. The van der Waals surface area contributed by atoms with Crippen LogP contribution in [0, 0.1) is 52.3 Å². The third-order valence-electron chi connectivity index (χ3n) is 10.8. The van der Waals surface area contributed by atoms with Crippen molar-refractivity contribution in [3.05, 3.63) is 23.8 Å². The third-order valence-corrected chi connectivity index (χ3v) is 10.8. The predicted octanol–water partition coefficient (Wildman–Crippen LogP) is 6.77. The van der Waals surface area contributed by atoms with Gasteiger partial charge in [0.2, 0.25) is 0 Å². The van der Waals surface area contributed by atoms with E-state index < -0.39 is 0 Å². The van der Waals surface area contributed by atoms with Crippen molar-refractivity contribution < 1.29 is 10.2 Å². The molecule has 3 saturated carbocycles. The molecule has 0 aromatic carbocycles. The lowest BCUT2D eigenvalue weighted by Gasteiger charge is -2.59. The third kappa shape index (κ3) is 3.88. The molecule has 2 heteroatoms. The molecule has 0 unspecified atom stereocenters. The molecule has 4 aliphatic carbocycles. The fraction of sp³-hybridized carbons (Fsp3) is 0.862. The van der Waals surface area contributed by atoms with E-state index in [-0.39, 0.29) is 17.6 Å².